The van der Waals surface area contributed by atoms with Crippen LogP contribution in [-0.4, -0.2) is 6.21 Å². The van der Waals surface area contributed by atoms with Crippen LogP contribution in [0.5, 0.6) is 0 Å². The summed E-state index contributed by atoms with van der Waals surface area (Å²) in [7, 11) is 0. The lowest BCUT2D eigenvalue weighted by Gasteiger charge is -1.93. The normalized spacial score (nSPS) is 10.8. The summed E-state index contributed by atoms with van der Waals surface area (Å²) < 4.78 is 5.67. The van der Waals surface area contributed by atoms with Crippen LogP contribution in [0.15, 0.2) is 63.3 Å². The van der Waals surface area contributed by atoms with E-state index in [-0.39, 0.29) is 0 Å². The maximum Gasteiger partial charge on any atom is 0.237 e. The van der Waals surface area contributed by atoms with Crippen molar-refractivity contribution < 1.29 is 4.42 Å². The van der Waals surface area contributed by atoms with Gasteiger partial charge in [0.2, 0.25) is 5.88 Å². The summed E-state index contributed by atoms with van der Waals surface area (Å²) in [4.78, 5) is 5.28. The van der Waals surface area contributed by atoms with Crippen molar-refractivity contribution in [3.8, 4) is 17.4 Å². The number of nitrogens with zero attached hydrogens (tertiary/aromatic N) is 2. The predicted octanol–water partition coefficient (Wildman–Crippen LogP) is 4.63. The molecule has 0 N–H and O–H groups in total. The van der Waals surface area contributed by atoms with E-state index in [0.29, 0.717) is 17.2 Å². The fraction of sp³-hybridized carbons (Fsp3) is 0. The Morgan fingerprint density at radius 3 is 2.70 bits per heavy atom. The molecule has 0 spiro atoms. The monoisotopic (exact) mass is 278 g/mol. The number of furan rings is 1. The van der Waals surface area contributed by atoms with Crippen molar-refractivity contribution in [2.45, 2.75) is 0 Å². The molecule has 0 bridgehead atoms. The molecule has 3 aromatic rings. The fourth-order valence-electron chi connectivity index (χ4n) is 1.79. The highest BCUT2D eigenvalue weighted by Crippen LogP contribution is 2.30. The third-order valence-corrected chi connectivity index (χ3v) is 3.55. The number of hydrogen-bond acceptors (Lipinski definition) is 4. The zero-order valence-corrected chi connectivity index (χ0v) is 11.3. The Balaban J connectivity index is 1.96. The van der Waals surface area contributed by atoms with Crippen LogP contribution in [0, 0.1) is 11.3 Å². The molecule has 1 aromatic carbocycles. The third kappa shape index (κ3) is 2.53. The molecule has 3 nitrogen and oxygen atoms in total. The second-order valence-corrected chi connectivity index (χ2v) is 5.06. The molecule has 0 amide bonds. The van der Waals surface area contributed by atoms with E-state index in [0.717, 1.165) is 10.4 Å². The van der Waals surface area contributed by atoms with Crippen LogP contribution in [0.3, 0.4) is 0 Å². The molecule has 20 heavy (non-hydrogen) atoms. The first-order chi connectivity index (χ1) is 9.86. The standard InChI is InChI=1S/C16H10N2OS/c17-10-13-9-15(12-5-2-1-3-6-12)19-16(13)18-11-14-7-4-8-20-14/h1-9,11H. The summed E-state index contributed by atoms with van der Waals surface area (Å²) in [5.74, 6) is 1.00. The van der Waals surface area contributed by atoms with Gasteiger partial charge in [0, 0.05) is 22.7 Å². The maximum atomic E-state index is 9.15. The van der Waals surface area contributed by atoms with Gasteiger partial charge in [-0.3, -0.25) is 0 Å². The Hall–Kier alpha value is -2.64. The molecule has 0 aliphatic rings. The molecule has 0 atom stereocenters. The highest BCUT2D eigenvalue weighted by molar-refractivity contribution is 7.11. The van der Waals surface area contributed by atoms with Crippen LogP contribution >= 0.6 is 11.3 Å². The molecule has 2 aromatic heterocycles. The van der Waals surface area contributed by atoms with Gasteiger partial charge in [0.15, 0.2) is 0 Å². The summed E-state index contributed by atoms with van der Waals surface area (Å²) in [5.41, 5.74) is 1.37. The predicted molar refractivity (Wildman–Crippen MR) is 80.4 cm³/mol. The number of aliphatic imine (C=N–C) groups is 1. The van der Waals surface area contributed by atoms with Gasteiger partial charge in [-0.2, -0.15) is 5.26 Å². The summed E-state index contributed by atoms with van der Waals surface area (Å²) in [6, 6.07) is 17.4. The number of hydrogen-bond donors (Lipinski definition) is 0. The molecule has 0 unspecified atom stereocenters. The van der Waals surface area contributed by atoms with E-state index in [4.69, 9.17) is 9.68 Å². The molecule has 2 heterocycles. The highest BCUT2D eigenvalue weighted by atomic mass is 32.1. The van der Waals surface area contributed by atoms with Crippen molar-refractivity contribution in [1.82, 2.24) is 0 Å². The molecule has 0 saturated carbocycles. The van der Waals surface area contributed by atoms with E-state index in [9.17, 15) is 0 Å². The summed E-state index contributed by atoms with van der Waals surface area (Å²) >= 11 is 1.58. The topological polar surface area (TPSA) is 49.3 Å². The molecule has 0 fully saturated rings. The molecule has 0 radical (unpaired) electrons. The third-order valence-electron chi connectivity index (χ3n) is 2.74. The molecule has 0 saturated heterocycles. The smallest absolute Gasteiger partial charge is 0.237 e. The van der Waals surface area contributed by atoms with E-state index in [1.807, 2.05) is 47.8 Å². The molecule has 96 valence electrons. The average molecular weight is 278 g/mol. The summed E-state index contributed by atoms with van der Waals surface area (Å²) in [6.07, 6.45) is 1.71. The second kappa shape index (κ2) is 5.55. The number of nitriles is 1. The van der Waals surface area contributed by atoms with Crippen LogP contribution in [-0.2, 0) is 0 Å². The van der Waals surface area contributed by atoms with Gasteiger partial charge in [0.1, 0.15) is 17.4 Å². The largest absolute Gasteiger partial charge is 0.437 e. The minimum absolute atomic E-state index is 0.347. The molecule has 3 rings (SSSR count). The lowest BCUT2D eigenvalue weighted by Crippen LogP contribution is -1.71. The van der Waals surface area contributed by atoms with Gasteiger partial charge in [-0.15, -0.1) is 11.3 Å². The first-order valence-electron chi connectivity index (χ1n) is 6.04. The summed E-state index contributed by atoms with van der Waals surface area (Å²) in [5, 5.41) is 11.1. The maximum absolute atomic E-state index is 9.15. The van der Waals surface area contributed by atoms with Crippen LogP contribution in [0.4, 0.5) is 5.88 Å². The number of thiophene rings is 1. The fourth-order valence-corrected chi connectivity index (χ4v) is 2.37. The van der Waals surface area contributed by atoms with Crippen molar-refractivity contribution >= 4 is 23.4 Å². The van der Waals surface area contributed by atoms with Gasteiger partial charge in [0.25, 0.3) is 0 Å². The van der Waals surface area contributed by atoms with Crippen molar-refractivity contribution in [2.75, 3.05) is 0 Å². The average Bonchev–Trinajstić information content (AvgIpc) is 3.15. The minimum atomic E-state index is 0.347. The van der Waals surface area contributed by atoms with Crippen LogP contribution in [0.25, 0.3) is 11.3 Å². The van der Waals surface area contributed by atoms with Crippen molar-refractivity contribution in [3.63, 3.8) is 0 Å². The van der Waals surface area contributed by atoms with Gasteiger partial charge in [-0.25, -0.2) is 4.99 Å². The lowest BCUT2D eigenvalue weighted by molar-refractivity contribution is 0.592. The van der Waals surface area contributed by atoms with Gasteiger partial charge in [-0.1, -0.05) is 36.4 Å². The van der Waals surface area contributed by atoms with Crippen LogP contribution in [0.2, 0.25) is 0 Å². The highest BCUT2D eigenvalue weighted by Gasteiger charge is 2.11. The molecular weight excluding hydrogens is 268 g/mol. The van der Waals surface area contributed by atoms with E-state index >= 15 is 0 Å². The van der Waals surface area contributed by atoms with Gasteiger partial charge in [-0.05, 0) is 11.4 Å². The van der Waals surface area contributed by atoms with Crippen LogP contribution < -0.4 is 0 Å². The van der Waals surface area contributed by atoms with E-state index in [1.54, 1.807) is 23.6 Å². The Morgan fingerprint density at radius 2 is 2.00 bits per heavy atom. The molecule has 4 heteroatoms. The van der Waals surface area contributed by atoms with E-state index in [1.165, 1.54) is 0 Å². The van der Waals surface area contributed by atoms with Crippen LogP contribution in [0.1, 0.15) is 10.4 Å². The Labute approximate surface area is 120 Å². The van der Waals surface area contributed by atoms with Crippen molar-refractivity contribution in [3.05, 3.63) is 64.4 Å². The second-order valence-electron chi connectivity index (χ2n) is 4.08. The number of rotatable bonds is 3. The van der Waals surface area contributed by atoms with Crippen molar-refractivity contribution in [2.24, 2.45) is 4.99 Å². The van der Waals surface area contributed by atoms with Gasteiger partial charge >= 0.3 is 0 Å². The van der Waals surface area contributed by atoms with E-state index < -0.39 is 0 Å². The lowest BCUT2D eigenvalue weighted by atomic mass is 10.1. The summed E-state index contributed by atoms with van der Waals surface area (Å²) in [6.45, 7) is 0. The van der Waals surface area contributed by atoms with Crippen molar-refractivity contribution in [1.29, 1.82) is 5.26 Å². The molecular formula is C16H10N2OS. The minimum Gasteiger partial charge on any atom is -0.437 e. The first-order valence-corrected chi connectivity index (χ1v) is 6.92. The molecule has 0 aliphatic carbocycles. The molecule has 0 aliphatic heterocycles. The quantitative estimate of drug-likeness (QED) is 0.656. The van der Waals surface area contributed by atoms with Gasteiger partial charge < -0.3 is 4.42 Å². The zero-order valence-electron chi connectivity index (χ0n) is 10.5. The Morgan fingerprint density at radius 1 is 1.15 bits per heavy atom. The number of benzene rings is 1. The SMILES string of the molecule is N#Cc1cc(-c2ccccc2)oc1N=Cc1cccs1. The van der Waals surface area contributed by atoms with E-state index in [2.05, 4.69) is 11.1 Å². The van der Waals surface area contributed by atoms with Gasteiger partial charge in [0.05, 0.1) is 0 Å². The first kappa shape index (κ1) is 12.4. The zero-order chi connectivity index (χ0) is 13.8. The Kier molecular flexibility index (Phi) is 3.44. The Bertz CT molecular complexity index is 765.